The molecule has 3 aromatic rings. The van der Waals surface area contributed by atoms with Crippen molar-refractivity contribution in [1.82, 2.24) is 10.6 Å². The van der Waals surface area contributed by atoms with Crippen molar-refractivity contribution >= 4 is 28.1 Å². The molecule has 1 fully saturated rings. The molecular weight excluding hydrogens is 571 g/mol. The normalized spacial score (nSPS) is 16.8. The zero-order chi connectivity index (χ0) is 31.2. The molecule has 1 saturated heterocycles. The van der Waals surface area contributed by atoms with Gasteiger partial charge in [-0.15, -0.1) is 10.8 Å². The van der Waals surface area contributed by atoms with Crippen molar-refractivity contribution in [3.8, 4) is 5.75 Å². The molecule has 0 aliphatic carbocycles. The van der Waals surface area contributed by atoms with E-state index in [0.29, 0.717) is 25.1 Å². The van der Waals surface area contributed by atoms with Crippen molar-refractivity contribution in [3.05, 3.63) is 89.2 Å². The van der Waals surface area contributed by atoms with Crippen molar-refractivity contribution in [1.29, 1.82) is 0 Å². The van der Waals surface area contributed by atoms with E-state index in [0.717, 1.165) is 16.9 Å². The van der Waals surface area contributed by atoms with Gasteiger partial charge in [-0.3, -0.25) is 18.2 Å². The van der Waals surface area contributed by atoms with Crippen LogP contribution < -0.4 is 25.0 Å². The molecule has 0 unspecified atom stereocenters. The van der Waals surface area contributed by atoms with Crippen molar-refractivity contribution in [2.75, 3.05) is 42.1 Å². The number of aliphatic hydroxyl groups is 1. The number of nitrogens with one attached hydrogen (secondary N) is 3. The molecule has 11 heteroatoms. The van der Waals surface area contributed by atoms with Crippen LogP contribution in [0.3, 0.4) is 0 Å². The van der Waals surface area contributed by atoms with Crippen molar-refractivity contribution in [2.45, 2.75) is 51.3 Å². The number of halogens is 1. The summed E-state index contributed by atoms with van der Waals surface area (Å²) in [5.41, 5.74) is 1.52. The van der Waals surface area contributed by atoms with Gasteiger partial charge in [0.05, 0.1) is 36.3 Å². The summed E-state index contributed by atoms with van der Waals surface area (Å²) in [4.78, 5) is 13.7. The summed E-state index contributed by atoms with van der Waals surface area (Å²) in [6.07, 6.45) is -0.221. The Balaban J connectivity index is 1.59. The van der Waals surface area contributed by atoms with E-state index in [1.807, 2.05) is 75.4 Å². The fourth-order valence-corrected chi connectivity index (χ4v) is 6.82. The van der Waals surface area contributed by atoms with Gasteiger partial charge >= 0.3 is 0 Å². The predicted molar refractivity (Wildman–Crippen MR) is 172 cm³/mol. The second-order valence-corrected chi connectivity index (χ2v) is 13.4. The average Bonchev–Trinajstić information content (AvgIpc) is 3.35. The van der Waals surface area contributed by atoms with Crippen LogP contribution in [0.1, 0.15) is 48.7 Å². The molecule has 0 bridgehead atoms. The van der Waals surface area contributed by atoms with Gasteiger partial charge < -0.3 is 25.8 Å². The lowest BCUT2D eigenvalue weighted by molar-refractivity contribution is 0.0810. The zero-order valence-corrected chi connectivity index (χ0v) is 26.0. The van der Waals surface area contributed by atoms with Crippen LogP contribution in [-0.4, -0.2) is 64.8 Å². The van der Waals surface area contributed by atoms with Crippen LogP contribution >= 0.6 is 10.8 Å². The molecule has 1 heterocycles. The monoisotopic (exact) mass is 614 g/mol. The Kier molecular flexibility index (Phi) is 10.6. The van der Waals surface area contributed by atoms with Gasteiger partial charge in [0.15, 0.2) is 5.82 Å². The third kappa shape index (κ3) is 7.98. The molecular formula is C32H43FN4O5S. The number of anilines is 2. The Hall–Kier alpha value is -3.35. The lowest BCUT2D eigenvalue weighted by Crippen LogP contribution is -2.51. The minimum atomic E-state index is -3.19. The summed E-state index contributed by atoms with van der Waals surface area (Å²) in [5, 5.41) is 20.8. The fraction of sp³-hybridized carbons (Fsp3) is 0.406. The number of nitrogens with zero attached hydrogens (tertiary/aromatic N) is 1. The van der Waals surface area contributed by atoms with Gasteiger partial charge in [-0.25, -0.2) is 4.39 Å². The van der Waals surface area contributed by atoms with Crippen LogP contribution in [0.2, 0.25) is 0 Å². The number of hydrogen-bond donors (Lipinski definition) is 6. The summed E-state index contributed by atoms with van der Waals surface area (Å²) in [6, 6.07) is 19.3. The number of rotatable bonds is 13. The van der Waals surface area contributed by atoms with E-state index in [1.54, 1.807) is 7.11 Å². The van der Waals surface area contributed by atoms with Gasteiger partial charge in [-0.2, -0.15) is 0 Å². The molecule has 2 atom stereocenters. The minimum absolute atomic E-state index is 0.0389. The molecule has 43 heavy (non-hydrogen) atoms. The molecule has 4 rings (SSSR count). The summed E-state index contributed by atoms with van der Waals surface area (Å²) >= 11 is 0. The summed E-state index contributed by atoms with van der Waals surface area (Å²) in [7, 11) is -1.58. The maximum absolute atomic E-state index is 15.9. The van der Waals surface area contributed by atoms with Crippen molar-refractivity contribution < 1.29 is 28.1 Å². The number of ether oxygens (including phenoxy) is 1. The van der Waals surface area contributed by atoms with Gasteiger partial charge in [-0.05, 0) is 69.0 Å². The lowest BCUT2D eigenvalue weighted by atomic mass is 9.93. The number of carbonyl (C=O) groups excluding carboxylic acids is 1. The Bertz CT molecular complexity index is 1390. The molecule has 1 aliphatic rings. The number of benzene rings is 3. The highest BCUT2D eigenvalue weighted by atomic mass is 32.3. The van der Waals surface area contributed by atoms with Crippen molar-refractivity contribution in [2.24, 2.45) is 0 Å². The maximum Gasteiger partial charge on any atom is 0.254 e. The highest BCUT2D eigenvalue weighted by Gasteiger charge is 2.34. The fourth-order valence-electron chi connectivity index (χ4n) is 5.21. The van der Waals surface area contributed by atoms with E-state index in [2.05, 4.69) is 16.0 Å². The third-order valence-electron chi connectivity index (χ3n) is 7.70. The van der Waals surface area contributed by atoms with Crippen LogP contribution in [0.5, 0.6) is 5.75 Å². The zero-order valence-electron chi connectivity index (χ0n) is 25.1. The summed E-state index contributed by atoms with van der Waals surface area (Å²) < 4.78 is 43.6. The van der Waals surface area contributed by atoms with Gasteiger partial charge in [0.2, 0.25) is 0 Å². The van der Waals surface area contributed by atoms with Crippen LogP contribution in [0, 0.1) is 5.82 Å². The first-order valence-electron chi connectivity index (χ1n) is 14.5. The van der Waals surface area contributed by atoms with Gasteiger partial charge in [0.1, 0.15) is 5.75 Å². The Morgan fingerprint density at radius 3 is 2.51 bits per heavy atom. The number of methoxy groups -OCH3 is 1. The molecule has 6 N–H and O–H groups in total. The summed E-state index contributed by atoms with van der Waals surface area (Å²) in [6.45, 7) is 6.78. The molecule has 0 aromatic heterocycles. The van der Waals surface area contributed by atoms with E-state index in [9.17, 15) is 19.0 Å². The lowest BCUT2D eigenvalue weighted by Gasteiger charge is -2.38. The van der Waals surface area contributed by atoms with E-state index in [1.165, 1.54) is 16.4 Å². The van der Waals surface area contributed by atoms with Crippen LogP contribution in [0.4, 0.5) is 15.8 Å². The summed E-state index contributed by atoms with van der Waals surface area (Å²) in [5.74, 6) is -0.685. The Morgan fingerprint density at radius 2 is 1.86 bits per heavy atom. The topological polar surface area (TPSA) is 126 Å². The first-order chi connectivity index (χ1) is 20.4. The predicted octanol–water partition coefficient (Wildman–Crippen LogP) is 5.37. The Morgan fingerprint density at radius 1 is 1.12 bits per heavy atom. The largest absolute Gasteiger partial charge is 0.497 e. The maximum atomic E-state index is 15.9. The van der Waals surface area contributed by atoms with E-state index in [4.69, 9.17) is 4.74 Å². The molecule has 9 nitrogen and oxygen atoms in total. The average molecular weight is 615 g/mol. The number of amides is 1. The van der Waals surface area contributed by atoms with Crippen molar-refractivity contribution in [3.63, 3.8) is 0 Å². The molecule has 234 valence electrons. The first-order valence-corrected chi connectivity index (χ1v) is 16.2. The van der Waals surface area contributed by atoms with Gasteiger partial charge in [0, 0.05) is 30.9 Å². The second kappa shape index (κ2) is 14.0. The highest BCUT2D eigenvalue weighted by Crippen LogP contribution is 2.52. The first kappa shape index (κ1) is 32.6. The molecule has 1 aliphatic heterocycles. The van der Waals surface area contributed by atoms with Crippen LogP contribution in [0.25, 0.3) is 0 Å². The number of aliphatic hydroxyl groups excluding tert-OH is 1. The highest BCUT2D eigenvalue weighted by molar-refractivity contribution is 8.25. The van der Waals surface area contributed by atoms with Gasteiger partial charge in [0.25, 0.3) is 5.91 Å². The number of carbonyl (C=O) groups is 1. The van der Waals surface area contributed by atoms with Crippen LogP contribution in [-0.2, 0) is 12.0 Å². The standard InChI is InChI=1S/C32H43FN4O5S/c1-5-34-24-19-26(30(33)28(20-24)37-15-10-16-43(37,40)41)31(39)36-27(17-22-11-7-6-8-12-22)29(38)21-35-32(2,3)23-13-9-14-25(18-23)42-4/h6-9,11-14,18-20,27,29,34-35,38,40-41H,5,10,15-17,21H2,1-4H3,(H,36,39)/t27-,29+/m0/s1. The molecule has 0 radical (unpaired) electrons. The smallest absolute Gasteiger partial charge is 0.254 e. The Labute approximate surface area is 254 Å². The van der Waals surface area contributed by atoms with E-state index in [-0.39, 0.29) is 30.1 Å². The molecule has 0 spiro atoms. The van der Waals surface area contributed by atoms with Gasteiger partial charge in [-0.1, -0.05) is 42.5 Å². The number of hydrogen-bond acceptors (Lipinski definition) is 8. The van der Waals surface area contributed by atoms with Crippen LogP contribution in [0.15, 0.2) is 66.7 Å². The minimum Gasteiger partial charge on any atom is -0.497 e. The quantitative estimate of drug-likeness (QED) is 0.152. The molecule has 1 amide bonds. The second-order valence-electron chi connectivity index (χ2n) is 11.3. The third-order valence-corrected chi connectivity index (χ3v) is 9.63. The SMILES string of the molecule is CCNc1cc(C(=O)N[C@@H](Cc2ccccc2)[C@H](O)CNC(C)(C)c2cccc(OC)c2)c(F)c(N2CCCS2(O)O)c1. The molecule has 0 saturated carbocycles. The molecule has 3 aromatic carbocycles. The van der Waals surface area contributed by atoms with E-state index >= 15 is 4.39 Å². The van der Waals surface area contributed by atoms with E-state index < -0.39 is 40.2 Å².